The summed E-state index contributed by atoms with van der Waals surface area (Å²) in [5, 5.41) is 2.27. The average Bonchev–Trinajstić information content (AvgIpc) is 2.53. The van der Waals surface area contributed by atoms with Crippen LogP contribution in [0.5, 0.6) is 0 Å². The predicted molar refractivity (Wildman–Crippen MR) is 80.4 cm³/mol. The number of nitrogens with zero attached hydrogens (tertiary/aromatic N) is 1. The number of cyclic esters (lactones) is 1. The summed E-state index contributed by atoms with van der Waals surface area (Å²) in [5.41, 5.74) is -3.47. The van der Waals surface area contributed by atoms with Gasteiger partial charge < -0.3 is 4.74 Å². The lowest BCUT2D eigenvalue weighted by Gasteiger charge is -2.35. The van der Waals surface area contributed by atoms with Crippen molar-refractivity contribution in [1.82, 2.24) is 4.98 Å². The van der Waals surface area contributed by atoms with Gasteiger partial charge in [-0.25, -0.2) is 9.78 Å². The highest BCUT2D eigenvalue weighted by Crippen LogP contribution is 2.47. The monoisotopic (exact) mass is 352 g/mol. The molecule has 0 saturated carbocycles. The molecule has 8 heteroatoms. The van der Waals surface area contributed by atoms with E-state index in [1.165, 1.54) is 24.4 Å². The number of anilines is 1. The van der Waals surface area contributed by atoms with Crippen LogP contribution in [0, 0.1) is 11.8 Å². The summed E-state index contributed by atoms with van der Waals surface area (Å²) in [7, 11) is 0. The van der Waals surface area contributed by atoms with Crippen molar-refractivity contribution in [2.24, 2.45) is 0 Å². The van der Waals surface area contributed by atoms with E-state index in [2.05, 4.69) is 21.0 Å². The van der Waals surface area contributed by atoms with Crippen LogP contribution in [0.4, 0.5) is 23.7 Å². The third kappa shape index (κ3) is 2.76. The molecule has 2 aromatic rings. The molecule has 1 amide bonds. The molecule has 3 rings (SSSR count). The first-order valence-electron chi connectivity index (χ1n) is 6.63. The second kappa shape index (κ2) is 5.73. The number of halogens is 4. The smallest absolute Gasteiger partial charge is 0.415 e. The number of rotatable bonds is 0. The van der Waals surface area contributed by atoms with Crippen molar-refractivity contribution < 1.29 is 22.7 Å². The van der Waals surface area contributed by atoms with Crippen molar-refractivity contribution in [2.75, 3.05) is 5.32 Å². The minimum atomic E-state index is -4.98. The first-order chi connectivity index (χ1) is 11.3. The van der Waals surface area contributed by atoms with Crippen LogP contribution in [0.25, 0.3) is 0 Å². The zero-order valence-electron chi connectivity index (χ0n) is 11.8. The summed E-state index contributed by atoms with van der Waals surface area (Å²) < 4.78 is 46.0. The fraction of sp³-hybridized carbons (Fsp3) is 0.125. The van der Waals surface area contributed by atoms with Gasteiger partial charge in [-0.05, 0) is 42.2 Å². The molecule has 0 fully saturated rings. The molecule has 0 radical (unpaired) electrons. The molecule has 1 N–H and O–H groups in total. The van der Waals surface area contributed by atoms with Crippen molar-refractivity contribution in [3.05, 3.63) is 58.9 Å². The normalized spacial score (nSPS) is 19.4. The van der Waals surface area contributed by atoms with Gasteiger partial charge in [-0.1, -0.05) is 17.7 Å². The van der Waals surface area contributed by atoms with Gasteiger partial charge >= 0.3 is 12.3 Å². The summed E-state index contributed by atoms with van der Waals surface area (Å²) in [6.45, 7) is 0. The average molecular weight is 353 g/mol. The van der Waals surface area contributed by atoms with Crippen LogP contribution in [0.2, 0.25) is 5.02 Å². The van der Waals surface area contributed by atoms with Crippen molar-refractivity contribution in [3.8, 4) is 11.8 Å². The molecule has 0 saturated heterocycles. The lowest BCUT2D eigenvalue weighted by Crippen LogP contribution is -2.49. The molecule has 0 aliphatic carbocycles. The van der Waals surface area contributed by atoms with E-state index >= 15 is 0 Å². The molecule has 1 aromatic carbocycles. The Kier molecular flexibility index (Phi) is 3.85. The van der Waals surface area contributed by atoms with Gasteiger partial charge in [0, 0.05) is 16.8 Å². The molecule has 2 heterocycles. The van der Waals surface area contributed by atoms with E-state index in [0.29, 0.717) is 0 Å². The second-order valence-electron chi connectivity index (χ2n) is 4.85. The molecular weight excluding hydrogens is 345 g/mol. The standard InChI is InChI=1S/C16H8ClF3N2O2/c17-10-4-5-13-12(9-10)15(16(18,19)20,24-14(23)22-13)7-6-11-3-1-2-8-21-11/h1-5,8-9H,(H,22,23). The minimum absolute atomic E-state index is 0.0572. The molecule has 1 aliphatic rings. The van der Waals surface area contributed by atoms with Gasteiger partial charge in [-0.3, -0.25) is 5.32 Å². The molecule has 4 nitrogen and oxygen atoms in total. The van der Waals surface area contributed by atoms with E-state index in [9.17, 15) is 18.0 Å². The number of carbonyl (C=O) groups excluding carboxylic acids is 1. The van der Waals surface area contributed by atoms with E-state index in [-0.39, 0.29) is 22.0 Å². The van der Waals surface area contributed by atoms with Gasteiger partial charge in [0.2, 0.25) is 0 Å². The minimum Gasteiger partial charge on any atom is -0.415 e. The third-order valence-corrected chi connectivity index (χ3v) is 3.51. The number of hydrogen-bond donors (Lipinski definition) is 1. The van der Waals surface area contributed by atoms with Crippen LogP contribution < -0.4 is 5.32 Å². The fourth-order valence-electron chi connectivity index (χ4n) is 2.21. The largest absolute Gasteiger partial charge is 0.445 e. The van der Waals surface area contributed by atoms with E-state index < -0.39 is 17.9 Å². The first kappa shape index (κ1) is 16.1. The SMILES string of the molecule is O=C1Nc2ccc(Cl)cc2C(C#Cc2ccccn2)(C(F)(F)F)O1. The predicted octanol–water partition coefficient (Wildman–Crippen LogP) is 4.11. The number of fused-ring (bicyclic) bond motifs is 1. The maximum atomic E-state index is 13.8. The number of carbonyl (C=O) groups is 1. The van der Waals surface area contributed by atoms with Gasteiger partial charge in [0.15, 0.2) is 0 Å². The Morgan fingerprint density at radius 3 is 2.71 bits per heavy atom. The lowest BCUT2D eigenvalue weighted by atomic mass is 9.90. The summed E-state index contributed by atoms with van der Waals surface area (Å²) in [6, 6.07) is 8.32. The van der Waals surface area contributed by atoms with Crippen LogP contribution in [0.15, 0.2) is 42.6 Å². The summed E-state index contributed by atoms with van der Waals surface area (Å²) in [4.78, 5) is 15.5. The highest BCUT2D eigenvalue weighted by Gasteiger charge is 2.62. The topological polar surface area (TPSA) is 51.2 Å². The van der Waals surface area contributed by atoms with Crippen molar-refractivity contribution in [1.29, 1.82) is 0 Å². The highest BCUT2D eigenvalue weighted by atomic mass is 35.5. The van der Waals surface area contributed by atoms with Gasteiger partial charge in [0.05, 0.1) is 5.69 Å². The second-order valence-corrected chi connectivity index (χ2v) is 5.28. The molecule has 122 valence electrons. The van der Waals surface area contributed by atoms with Crippen molar-refractivity contribution in [2.45, 2.75) is 11.8 Å². The van der Waals surface area contributed by atoms with Crippen molar-refractivity contribution in [3.63, 3.8) is 0 Å². The Hall–Kier alpha value is -2.72. The zero-order chi connectivity index (χ0) is 17.4. The highest BCUT2D eigenvalue weighted by molar-refractivity contribution is 6.30. The molecule has 1 aliphatic heterocycles. The summed E-state index contributed by atoms with van der Waals surface area (Å²) >= 11 is 5.81. The first-order valence-corrected chi connectivity index (χ1v) is 7.00. The molecule has 0 bridgehead atoms. The third-order valence-electron chi connectivity index (χ3n) is 3.27. The lowest BCUT2D eigenvalue weighted by molar-refractivity contribution is -0.239. The van der Waals surface area contributed by atoms with Crippen LogP contribution >= 0.6 is 11.6 Å². The van der Waals surface area contributed by atoms with E-state index in [4.69, 9.17) is 11.6 Å². The molecule has 1 atom stereocenters. The Labute approximate surface area is 139 Å². The number of amides is 1. The fourth-order valence-corrected chi connectivity index (χ4v) is 2.38. The Balaban J connectivity index is 2.23. The molecule has 1 unspecified atom stereocenters. The number of hydrogen-bond acceptors (Lipinski definition) is 3. The number of ether oxygens (including phenoxy) is 1. The quantitative estimate of drug-likeness (QED) is 0.726. The number of benzene rings is 1. The van der Waals surface area contributed by atoms with Gasteiger partial charge in [0.25, 0.3) is 5.60 Å². The van der Waals surface area contributed by atoms with E-state index in [0.717, 1.165) is 6.07 Å². The van der Waals surface area contributed by atoms with E-state index in [1.54, 1.807) is 12.1 Å². The molecule has 0 spiro atoms. The van der Waals surface area contributed by atoms with E-state index in [1.807, 2.05) is 5.92 Å². The Morgan fingerprint density at radius 1 is 1.25 bits per heavy atom. The van der Waals surface area contributed by atoms with Crippen LogP contribution in [0.3, 0.4) is 0 Å². The van der Waals surface area contributed by atoms with Crippen LogP contribution in [-0.4, -0.2) is 17.3 Å². The van der Waals surface area contributed by atoms with Gasteiger partial charge in [-0.2, -0.15) is 13.2 Å². The summed E-state index contributed by atoms with van der Waals surface area (Å²) in [6.07, 6.45) is -4.84. The molecular formula is C16H8ClF3N2O2. The number of aromatic nitrogens is 1. The maximum Gasteiger partial charge on any atom is 0.445 e. The van der Waals surface area contributed by atoms with Crippen LogP contribution in [-0.2, 0) is 10.3 Å². The molecule has 1 aromatic heterocycles. The number of pyridine rings is 1. The van der Waals surface area contributed by atoms with Crippen LogP contribution in [0.1, 0.15) is 11.3 Å². The number of nitrogens with one attached hydrogen (secondary N) is 1. The Morgan fingerprint density at radius 2 is 2.04 bits per heavy atom. The maximum absolute atomic E-state index is 13.8. The van der Waals surface area contributed by atoms with Gasteiger partial charge in [0.1, 0.15) is 5.69 Å². The van der Waals surface area contributed by atoms with Gasteiger partial charge in [-0.15, -0.1) is 0 Å². The summed E-state index contributed by atoms with van der Waals surface area (Å²) in [5.74, 6) is 4.34. The molecule has 24 heavy (non-hydrogen) atoms. The van der Waals surface area contributed by atoms with Crippen molar-refractivity contribution >= 4 is 23.4 Å². The Bertz CT molecular complexity index is 859. The number of alkyl halides is 3. The zero-order valence-corrected chi connectivity index (χ0v) is 12.6.